The zero-order valence-corrected chi connectivity index (χ0v) is 21.8. The summed E-state index contributed by atoms with van der Waals surface area (Å²) >= 11 is 1.40. The summed E-state index contributed by atoms with van der Waals surface area (Å²) < 4.78 is 0. The molecule has 4 atom stereocenters. The van der Waals surface area contributed by atoms with E-state index >= 15 is 0 Å². The number of carboxylic acids is 1. The number of thioether (sulfide) groups is 1. The highest BCUT2D eigenvalue weighted by Crippen LogP contribution is 2.18. The minimum atomic E-state index is -1.45. The molecule has 0 saturated heterocycles. The van der Waals surface area contributed by atoms with Crippen molar-refractivity contribution < 1.29 is 34.2 Å². The van der Waals surface area contributed by atoms with Crippen LogP contribution in [0.15, 0.2) is 30.5 Å². The number of aliphatic hydroxyl groups is 1. The molecule has 1 heterocycles. The second-order valence-corrected chi connectivity index (χ2v) is 9.65. The third kappa shape index (κ3) is 9.04. The van der Waals surface area contributed by atoms with E-state index in [4.69, 9.17) is 11.5 Å². The summed E-state index contributed by atoms with van der Waals surface area (Å²) in [7, 11) is 0. The highest BCUT2D eigenvalue weighted by atomic mass is 32.2. The zero-order chi connectivity index (χ0) is 28.2. The summed E-state index contributed by atoms with van der Waals surface area (Å²) in [6.45, 7) is -0.799. The van der Waals surface area contributed by atoms with Crippen molar-refractivity contribution in [1.82, 2.24) is 20.9 Å². The van der Waals surface area contributed by atoms with Gasteiger partial charge < -0.3 is 42.6 Å². The molecule has 0 saturated carbocycles. The summed E-state index contributed by atoms with van der Waals surface area (Å²) in [5.41, 5.74) is 12.9. The van der Waals surface area contributed by atoms with Crippen molar-refractivity contribution >= 4 is 52.3 Å². The quantitative estimate of drug-likeness (QED) is 0.122. The van der Waals surface area contributed by atoms with Crippen LogP contribution in [0.5, 0.6) is 0 Å². The van der Waals surface area contributed by atoms with Crippen molar-refractivity contribution in [3.05, 3.63) is 36.0 Å². The number of primary amides is 1. The molecule has 0 spiro atoms. The number of amides is 4. The highest BCUT2D eigenvalue weighted by Gasteiger charge is 2.30. The number of carbonyl (C=O) groups is 5. The van der Waals surface area contributed by atoms with Gasteiger partial charge in [0.05, 0.1) is 12.6 Å². The van der Waals surface area contributed by atoms with Crippen LogP contribution in [0.3, 0.4) is 0 Å². The topological polar surface area (TPSA) is 230 Å². The van der Waals surface area contributed by atoms with Crippen molar-refractivity contribution in [1.29, 1.82) is 0 Å². The normalized spacial score (nSPS) is 14.2. The van der Waals surface area contributed by atoms with Gasteiger partial charge in [0.1, 0.15) is 18.1 Å². The van der Waals surface area contributed by atoms with E-state index in [2.05, 4.69) is 20.9 Å². The monoisotopic (exact) mass is 550 g/mol. The molecule has 10 N–H and O–H groups in total. The number of carboxylic acid groups (broad SMARTS) is 1. The Bertz CT molecular complexity index is 1140. The maximum atomic E-state index is 12.8. The zero-order valence-electron chi connectivity index (χ0n) is 20.9. The highest BCUT2D eigenvalue weighted by molar-refractivity contribution is 7.98. The van der Waals surface area contributed by atoms with E-state index in [0.717, 1.165) is 16.5 Å². The average molecular weight is 551 g/mol. The molecule has 2 rings (SSSR count). The fourth-order valence-electron chi connectivity index (χ4n) is 3.70. The Labute approximate surface area is 223 Å². The van der Waals surface area contributed by atoms with Gasteiger partial charge in [-0.1, -0.05) is 18.2 Å². The Morgan fingerprint density at radius 3 is 2.24 bits per heavy atom. The second kappa shape index (κ2) is 15.0. The lowest BCUT2D eigenvalue weighted by molar-refractivity contribution is -0.142. The second-order valence-electron chi connectivity index (χ2n) is 8.66. The first-order valence-electron chi connectivity index (χ1n) is 11.9. The van der Waals surface area contributed by atoms with Crippen molar-refractivity contribution in [2.45, 2.75) is 49.9 Å². The van der Waals surface area contributed by atoms with Crippen molar-refractivity contribution in [2.75, 3.05) is 18.6 Å². The van der Waals surface area contributed by atoms with E-state index in [1.54, 1.807) is 12.5 Å². The Hall–Kier alpha value is -3.62. The van der Waals surface area contributed by atoms with E-state index in [1.807, 2.05) is 24.3 Å². The molecule has 4 unspecified atom stereocenters. The SMILES string of the molecule is CSCCC(NC(=O)C(CCC(N)=O)NC(=O)C(CO)NC(=O)C(N)Cc1c[nH]c2ccccc12)C(=O)O. The van der Waals surface area contributed by atoms with Gasteiger partial charge in [-0.05, 0) is 42.9 Å². The van der Waals surface area contributed by atoms with Crippen LogP contribution < -0.4 is 27.4 Å². The van der Waals surface area contributed by atoms with Gasteiger partial charge in [-0.15, -0.1) is 0 Å². The molecule has 0 aliphatic heterocycles. The number of aliphatic carboxylic acids is 1. The Kier molecular flexibility index (Phi) is 12.0. The number of H-pyrrole nitrogens is 1. The van der Waals surface area contributed by atoms with Crippen LogP contribution in [0, 0.1) is 0 Å². The molecule has 0 aliphatic carbocycles. The van der Waals surface area contributed by atoms with Crippen molar-refractivity contribution in [2.24, 2.45) is 11.5 Å². The molecule has 1 aromatic carbocycles. The predicted octanol–water partition coefficient (Wildman–Crippen LogP) is -1.41. The summed E-state index contributed by atoms with van der Waals surface area (Å²) in [6.07, 6.45) is 3.33. The van der Waals surface area contributed by atoms with E-state index < -0.39 is 60.4 Å². The van der Waals surface area contributed by atoms with Gasteiger partial charge in [-0.3, -0.25) is 19.2 Å². The standard InChI is InChI=1S/C24H34N6O7S/c1-38-9-8-18(24(36)37)29-22(34)17(6-7-20(26)32)28-23(35)19(12-31)30-21(33)15(25)10-13-11-27-16-5-3-2-4-14(13)16/h2-5,11,15,17-19,27,31H,6-10,12,25H2,1H3,(H2,26,32)(H,28,35)(H,29,34)(H,30,33)(H,36,37). The molecule has 4 amide bonds. The van der Waals surface area contributed by atoms with Crippen molar-refractivity contribution in [3.8, 4) is 0 Å². The molecule has 14 heteroatoms. The number of para-hydroxylation sites is 1. The number of aliphatic hydroxyl groups excluding tert-OH is 1. The fraction of sp³-hybridized carbons (Fsp3) is 0.458. The predicted molar refractivity (Wildman–Crippen MR) is 142 cm³/mol. The molecule has 208 valence electrons. The molecular weight excluding hydrogens is 516 g/mol. The number of fused-ring (bicyclic) bond motifs is 1. The summed E-state index contributed by atoms with van der Waals surface area (Å²) in [6, 6.07) is 2.43. The van der Waals surface area contributed by atoms with Gasteiger partial charge in [0, 0.05) is 23.5 Å². The van der Waals surface area contributed by atoms with Gasteiger partial charge >= 0.3 is 5.97 Å². The van der Waals surface area contributed by atoms with Crippen LogP contribution in [0.2, 0.25) is 0 Å². The average Bonchev–Trinajstić information content (AvgIpc) is 3.29. The number of hydrogen-bond acceptors (Lipinski definition) is 8. The molecule has 1 aromatic heterocycles. The maximum Gasteiger partial charge on any atom is 0.326 e. The van der Waals surface area contributed by atoms with E-state index in [1.165, 1.54) is 11.8 Å². The van der Waals surface area contributed by atoms with E-state index in [0.29, 0.717) is 5.75 Å². The van der Waals surface area contributed by atoms with Gasteiger partial charge in [0.25, 0.3) is 0 Å². The minimum Gasteiger partial charge on any atom is -0.480 e. The van der Waals surface area contributed by atoms with Crippen LogP contribution in [0.25, 0.3) is 10.9 Å². The Morgan fingerprint density at radius 1 is 0.974 bits per heavy atom. The van der Waals surface area contributed by atoms with Gasteiger partial charge in [-0.2, -0.15) is 11.8 Å². The van der Waals surface area contributed by atoms with Crippen LogP contribution in [-0.2, 0) is 30.4 Å². The smallest absolute Gasteiger partial charge is 0.326 e. The Balaban J connectivity index is 2.05. The summed E-state index contributed by atoms with van der Waals surface area (Å²) in [5.74, 6) is -3.98. The first-order valence-corrected chi connectivity index (χ1v) is 13.3. The number of rotatable bonds is 16. The molecule has 0 aliphatic rings. The van der Waals surface area contributed by atoms with Crippen LogP contribution >= 0.6 is 11.8 Å². The first kappa shape index (κ1) is 30.6. The number of benzene rings is 1. The van der Waals surface area contributed by atoms with E-state index in [-0.39, 0.29) is 25.7 Å². The number of nitrogens with one attached hydrogen (secondary N) is 4. The van der Waals surface area contributed by atoms with Crippen molar-refractivity contribution in [3.63, 3.8) is 0 Å². The number of nitrogens with two attached hydrogens (primary N) is 2. The van der Waals surface area contributed by atoms with E-state index in [9.17, 15) is 34.2 Å². The van der Waals surface area contributed by atoms with Crippen LogP contribution in [-0.4, -0.2) is 87.6 Å². The number of aromatic amines is 1. The molecular formula is C24H34N6O7S. The lowest BCUT2D eigenvalue weighted by atomic mass is 10.0. The maximum absolute atomic E-state index is 12.8. The van der Waals surface area contributed by atoms with Crippen LogP contribution in [0.4, 0.5) is 0 Å². The first-order chi connectivity index (χ1) is 18.1. The van der Waals surface area contributed by atoms with Gasteiger partial charge in [-0.25, -0.2) is 4.79 Å². The third-order valence-electron chi connectivity index (χ3n) is 5.80. The van der Waals surface area contributed by atoms with Gasteiger partial charge in [0.2, 0.25) is 23.6 Å². The summed E-state index contributed by atoms with van der Waals surface area (Å²) in [5, 5.41) is 27.1. The Morgan fingerprint density at radius 2 is 1.61 bits per heavy atom. The molecule has 13 nitrogen and oxygen atoms in total. The minimum absolute atomic E-state index is 0.141. The molecule has 0 bridgehead atoms. The lowest BCUT2D eigenvalue weighted by Crippen LogP contribution is -2.58. The molecule has 0 radical (unpaired) electrons. The largest absolute Gasteiger partial charge is 0.480 e. The third-order valence-corrected chi connectivity index (χ3v) is 6.45. The van der Waals surface area contributed by atoms with Crippen LogP contribution in [0.1, 0.15) is 24.8 Å². The van der Waals surface area contributed by atoms with Gasteiger partial charge in [0.15, 0.2) is 0 Å². The molecule has 0 fully saturated rings. The fourth-order valence-corrected chi connectivity index (χ4v) is 4.17. The number of carbonyl (C=O) groups excluding carboxylic acids is 4. The molecule has 38 heavy (non-hydrogen) atoms. The lowest BCUT2D eigenvalue weighted by Gasteiger charge is -2.24. The number of hydrogen-bond donors (Lipinski definition) is 8. The molecule has 2 aromatic rings. The summed E-state index contributed by atoms with van der Waals surface area (Å²) in [4.78, 5) is 64.2. The number of aromatic nitrogens is 1.